The molecule has 1 fully saturated rings. The number of carbonyl (C=O) groups excluding carboxylic acids is 1. The molecule has 34 heavy (non-hydrogen) atoms. The molecule has 0 radical (unpaired) electrons. The van der Waals surface area contributed by atoms with Gasteiger partial charge in [-0.25, -0.2) is 8.42 Å². The van der Waals surface area contributed by atoms with Gasteiger partial charge in [-0.1, -0.05) is 24.3 Å². The van der Waals surface area contributed by atoms with Crippen molar-refractivity contribution >= 4 is 15.7 Å². The van der Waals surface area contributed by atoms with E-state index in [-0.39, 0.29) is 42.4 Å². The largest absolute Gasteiger partial charge is 0.573 e. The maximum Gasteiger partial charge on any atom is 0.573 e. The van der Waals surface area contributed by atoms with Crippen LogP contribution in [0, 0.1) is 6.92 Å². The minimum absolute atomic E-state index is 0.143. The molecule has 2 heterocycles. The van der Waals surface area contributed by atoms with Crippen LogP contribution in [0.3, 0.4) is 0 Å². The van der Waals surface area contributed by atoms with E-state index in [4.69, 9.17) is 0 Å². The molecule has 180 valence electrons. The second-order valence-electron chi connectivity index (χ2n) is 7.82. The first-order valence-electron chi connectivity index (χ1n) is 10.4. The van der Waals surface area contributed by atoms with Crippen LogP contribution in [0.1, 0.15) is 29.0 Å². The molecular weight excluding hydrogens is 473 g/mol. The SMILES string of the molecule is Cc1nn(-c2ccccc2)nc1C(=O)N1CCC(S(=O)(=O)c2cccc(OC(F)(F)F)c2)CC1. The zero-order valence-corrected chi connectivity index (χ0v) is 18.9. The summed E-state index contributed by atoms with van der Waals surface area (Å²) in [4.78, 5) is 15.6. The van der Waals surface area contributed by atoms with Crippen LogP contribution < -0.4 is 4.74 Å². The van der Waals surface area contributed by atoms with Gasteiger partial charge in [0.1, 0.15) is 5.75 Å². The minimum atomic E-state index is -4.92. The van der Waals surface area contributed by atoms with Gasteiger partial charge in [0.15, 0.2) is 15.5 Å². The van der Waals surface area contributed by atoms with Gasteiger partial charge in [0.05, 0.1) is 21.5 Å². The van der Waals surface area contributed by atoms with E-state index in [9.17, 15) is 26.4 Å². The van der Waals surface area contributed by atoms with Crippen LogP contribution in [0.5, 0.6) is 5.75 Å². The topological polar surface area (TPSA) is 94.4 Å². The van der Waals surface area contributed by atoms with Gasteiger partial charge in [-0.05, 0) is 50.1 Å². The zero-order valence-electron chi connectivity index (χ0n) is 18.1. The Hall–Kier alpha value is -3.41. The Morgan fingerprint density at radius 3 is 2.35 bits per heavy atom. The number of alkyl halides is 3. The normalized spacial score (nSPS) is 15.4. The van der Waals surface area contributed by atoms with E-state index in [1.165, 1.54) is 21.8 Å². The summed E-state index contributed by atoms with van der Waals surface area (Å²) in [5.41, 5.74) is 1.33. The first-order valence-corrected chi connectivity index (χ1v) is 12.0. The van der Waals surface area contributed by atoms with E-state index in [1.807, 2.05) is 18.2 Å². The Labute approximate surface area is 193 Å². The van der Waals surface area contributed by atoms with Crippen LogP contribution in [-0.4, -0.2) is 58.9 Å². The number of hydrogen-bond acceptors (Lipinski definition) is 6. The number of aromatic nitrogens is 3. The average Bonchev–Trinajstić information content (AvgIpc) is 3.20. The lowest BCUT2D eigenvalue weighted by Crippen LogP contribution is -2.42. The number of carbonyl (C=O) groups is 1. The fraction of sp³-hybridized carbons (Fsp3) is 0.318. The molecular formula is C22H21F3N4O4S. The van der Waals surface area contributed by atoms with Gasteiger partial charge in [-0.3, -0.25) is 4.79 Å². The molecule has 3 aromatic rings. The molecule has 0 saturated carbocycles. The van der Waals surface area contributed by atoms with Crippen molar-refractivity contribution in [2.24, 2.45) is 0 Å². The molecule has 0 aliphatic carbocycles. The quantitative estimate of drug-likeness (QED) is 0.539. The summed E-state index contributed by atoms with van der Waals surface area (Å²) in [5.74, 6) is -0.950. The monoisotopic (exact) mass is 494 g/mol. The Kier molecular flexibility index (Phi) is 6.34. The number of likely N-dealkylation sites (tertiary alicyclic amines) is 1. The van der Waals surface area contributed by atoms with Crippen LogP contribution >= 0.6 is 0 Å². The van der Waals surface area contributed by atoms with Crippen LogP contribution in [-0.2, 0) is 9.84 Å². The highest BCUT2D eigenvalue weighted by atomic mass is 32.2. The van der Waals surface area contributed by atoms with E-state index in [2.05, 4.69) is 14.9 Å². The fourth-order valence-electron chi connectivity index (χ4n) is 3.81. The van der Waals surface area contributed by atoms with E-state index >= 15 is 0 Å². The molecule has 2 aromatic carbocycles. The van der Waals surface area contributed by atoms with E-state index in [0.717, 1.165) is 12.1 Å². The Morgan fingerprint density at radius 1 is 1.03 bits per heavy atom. The first-order chi connectivity index (χ1) is 16.0. The molecule has 1 saturated heterocycles. The number of ether oxygens (including phenoxy) is 1. The second-order valence-corrected chi connectivity index (χ2v) is 10.0. The van der Waals surface area contributed by atoms with E-state index in [1.54, 1.807) is 19.1 Å². The van der Waals surface area contributed by atoms with Gasteiger partial charge in [0, 0.05) is 13.1 Å². The number of rotatable bonds is 5. The van der Waals surface area contributed by atoms with Gasteiger partial charge < -0.3 is 9.64 Å². The highest BCUT2D eigenvalue weighted by Gasteiger charge is 2.35. The molecule has 0 N–H and O–H groups in total. The molecule has 0 unspecified atom stereocenters. The van der Waals surface area contributed by atoms with Crippen molar-refractivity contribution in [2.75, 3.05) is 13.1 Å². The number of para-hydroxylation sites is 1. The number of nitrogens with zero attached hydrogens (tertiary/aromatic N) is 4. The van der Waals surface area contributed by atoms with Crippen LogP contribution in [0.4, 0.5) is 13.2 Å². The lowest BCUT2D eigenvalue weighted by molar-refractivity contribution is -0.274. The van der Waals surface area contributed by atoms with E-state index < -0.39 is 27.2 Å². The summed E-state index contributed by atoms with van der Waals surface area (Å²) < 4.78 is 67.3. The standard InChI is InChI=1S/C22H21F3N4O4S/c1-15-20(27-29(26-15)16-6-3-2-4-7-16)21(30)28-12-10-18(11-13-28)34(31,32)19-9-5-8-17(14-19)33-22(23,24)25/h2-9,14,18H,10-13H2,1H3. The van der Waals surface area contributed by atoms with Gasteiger partial charge in [0.25, 0.3) is 5.91 Å². The Morgan fingerprint density at radius 2 is 1.71 bits per heavy atom. The number of aryl methyl sites for hydroxylation is 1. The highest BCUT2D eigenvalue weighted by molar-refractivity contribution is 7.92. The summed E-state index contributed by atoms with van der Waals surface area (Å²) in [6, 6.07) is 13.5. The van der Waals surface area contributed by atoms with Crippen LogP contribution in [0.15, 0.2) is 59.5 Å². The van der Waals surface area contributed by atoms with Crippen molar-refractivity contribution in [1.82, 2.24) is 19.9 Å². The van der Waals surface area contributed by atoms with Crippen molar-refractivity contribution in [3.8, 4) is 11.4 Å². The van der Waals surface area contributed by atoms with Crippen molar-refractivity contribution < 1.29 is 31.1 Å². The molecule has 8 nitrogen and oxygen atoms in total. The third-order valence-electron chi connectivity index (χ3n) is 5.51. The molecule has 12 heteroatoms. The van der Waals surface area contributed by atoms with Crippen molar-refractivity contribution in [3.05, 3.63) is 66.0 Å². The molecule has 4 rings (SSSR count). The van der Waals surface area contributed by atoms with E-state index in [0.29, 0.717) is 11.4 Å². The van der Waals surface area contributed by atoms with Crippen LogP contribution in [0.25, 0.3) is 5.69 Å². The summed E-state index contributed by atoms with van der Waals surface area (Å²) in [6.45, 7) is 2.01. The summed E-state index contributed by atoms with van der Waals surface area (Å²) in [6.07, 6.45) is -4.64. The number of sulfone groups is 1. The Balaban J connectivity index is 1.45. The maximum absolute atomic E-state index is 13.0. The zero-order chi connectivity index (χ0) is 24.5. The molecule has 1 aliphatic rings. The molecule has 1 aromatic heterocycles. The summed E-state index contributed by atoms with van der Waals surface area (Å²) in [5, 5.41) is 7.76. The number of hydrogen-bond donors (Lipinski definition) is 0. The van der Waals surface area contributed by atoms with Gasteiger partial charge in [-0.2, -0.15) is 9.90 Å². The number of benzene rings is 2. The molecule has 1 aliphatic heterocycles. The Bertz CT molecular complexity index is 1280. The van der Waals surface area contributed by atoms with Crippen molar-refractivity contribution in [3.63, 3.8) is 0 Å². The third-order valence-corrected chi connectivity index (χ3v) is 7.77. The number of amides is 1. The second kappa shape index (κ2) is 9.09. The summed E-state index contributed by atoms with van der Waals surface area (Å²) >= 11 is 0. The molecule has 0 spiro atoms. The molecule has 0 bridgehead atoms. The number of halogens is 3. The predicted molar refractivity (Wildman–Crippen MR) is 115 cm³/mol. The average molecular weight is 494 g/mol. The first kappa shape index (κ1) is 23.7. The lowest BCUT2D eigenvalue weighted by Gasteiger charge is -2.31. The summed E-state index contributed by atoms with van der Waals surface area (Å²) in [7, 11) is -3.91. The molecule has 1 amide bonds. The fourth-order valence-corrected chi connectivity index (χ4v) is 5.58. The third kappa shape index (κ3) is 5.06. The van der Waals surface area contributed by atoms with Gasteiger partial charge >= 0.3 is 6.36 Å². The lowest BCUT2D eigenvalue weighted by atomic mass is 10.1. The molecule has 0 atom stereocenters. The van der Waals surface area contributed by atoms with Crippen molar-refractivity contribution in [1.29, 1.82) is 0 Å². The highest BCUT2D eigenvalue weighted by Crippen LogP contribution is 2.29. The van der Waals surface area contributed by atoms with Crippen molar-refractivity contribution in [2.45, 2.75) is 36.3 Å². The maximum atomic E-state index is 13.0. The minimum Gasteiger partial charge on any atom is -0.406 e. The predicted octanol–water partition coefficient (Wildman–Crippen LogP) is 3.55. The van der Waals surface area contributed by atoms with Gasteiger partial charge in [0.2, 0.25) is 0 Å². The van der Waals surface area contributed by atoms with Gasteiger partial charge in [-0.15, -0.1) is 18.3 Å². The smallest absolute Gasteiger partial charge is 0.406 e. The van der Waals surface area contributed by atoms with Crippen LogP contribution in [0.2, 0.25) is 0 Å². The number of piperidine rings is 1.